The van der Waals surface area contributed by atoms with Crippen molar-refractivity contribution in [3.63, 3.8) is 0 Å². The average Bonchev–Trinajstić information content (AvgIpc) is 3.19. The molecule has 3 rings (SSSR count). The fourth-order valence-corrected chi connectivity index (χ4v) is 2.67. The lowest BCUT2D eigenvalue weighted by Crippen LogP contribution is -2.42. The van der Waals surface area contributed by atoms with Gasteiger partial charge in [-0.3, -0.25) is 4.79 Å². The molecule has 0 heterocycles. The molecule has 0 aromatic heterocycles. The third-order valence-electron chi connectivity index (χ3n) is 4.16. The number of carboxylic acid groups (broad SMARTS) is 1. The first-order chi connectivity index (χ1) is 8.13. The SMILES string of the molecule is NC(C(=O)O)C1(c2cccc(C3CC3)c2)CC1. The van der Waals surface area contributed by atoms with Crippen molar-refractivity contribution >= 4 is 5.97 Å². The van der Waals surface area contributed by atoms with Crippen molar-refractivity contribution in [2.75, 3.05) is 0 Å². The molecule has 0 bridgehead atoms. The van der Waals surface area contributed by atoms with Gasteiger partial charge in [0.1, 0.15) is 6.04 Å². The third-order valence-corrected chi connectivity index (χ3v) is 4.16. The van der Waals surface area contributed by atoms with Crippen molar-refractivity contribution < 1.29 is 9.90 Å². The van der Waals surface area contributed by atoms with Gasteiger partial charge in [0.25, 0.3) is 0 Å². The Morgan fingerprint density at radius 1 is 1.41 bits per heavy atom. The van der Waals surface area contributed by atoms with Crippen molar-refractivity contribution in [3.05, 3.63) is 35.4 Å². The van der Waals surface area contributed by atoms with Gasteiger partial charge in [-0.1, -0.05) is 24.3 Å². The Bertz CT molecular complexity index is 461. The van der Waals surface area contributed by atoms with Crippen molar-refractivity contribution in [3.8, 4) is 0 Å². The maximum Gasteiger partial charge on any atom is 0.321 e. The molecule has 3 nitrogen and oxygen atoms in total. The van der Waals surface area contributed by atoms with Crippen molar-refractivity contribution in [2.24, 2.45) is 5.73 Å². The van der Waals surface area contributed by atoms with Gasteiger partial charge in [-0.2, -0.15) is 0 Å². The second kappa shape index (κ2) is 3.57. The summed E-state index contributed by atoms with van der Waals surface area (Å²) in [5, 5.41) is 9.08. The molecule has 3 N–H and O–H groups in total. The lowest BCUT2D eigenvalue weighted by molar-refractivity contribution is -0.139. The number of carbonyl (C=O) groups is 1. The topological polar surface area (TPSA) is 63.3 Å². The number of hydrogen-bond acceptors (Lipinski definition) is 2. The summed E-state index contributed by atoms with van der Waals surface area (Å²) in [4.78, 5) is 11.1. The van der Waals surface area contributed by atoms with E-state index in [-0.39, 0.29) is 5.41 Å². The number of rotatable bonds is 4. The van der Waals surface area contributed by atoms with Crippen LogP contribution in [0.3, 0.4) is 0 Å². The molecule has 1 atom stereocenters. The smallest absolute Gasteiger partial charge is 0.321 e. The molecule has 2 saturated carbocycles. The fraction of sp³-hybridized carbons (Fsp3) is 0.500. The maximum absolute atomic E-state index is 11.1. The summed E-state index contributed by atoms with van der Waals surface area (Å²) < 4.78 is 0. The molecule has 2 fully saturated rings. The van der Waals surface area contributed by atoms with E-state index < -0.39 is 12.0 Å². The summed E-state index contributed by atoms with van der Waals surface area (Å²) in [6.45, 7) is 0. The van der Waals surface area contributed by atoms with Crippen molar-refractivity contribution in [2.45, 2.75) is 43.1 Å². The van der Waals surface area contributed by atoms with Crippen LogP contribution < -0.4 is 5.73 Å². The number of benzene rings is 1. The molecular formula is C14H17NO2. The van der Waals surface area contributed by atoms with E-state index in [0.29, 0.717) is 5.92 Å². The standard InChI is InChI=1S/C14H17NO2/c15-12(13(16)17)14(6-7-14)11-3-1-2-10(8-11)9-4-5-9/h1-3,8-9,12H,4-7,15H2,(H,16,17). The minimum absolute atomic E-state index is 0.295. The molecule has 0 aliphatic heterocycles. The van der Waals surface area contributed by atoms with Gasteiger partial charge < -0.3 is 10.8 Å². The minimum Gasteiger partial charge on any atom is -0.480 e. The average molecular weight is 231 g/mol. The summed E-state index contributed by atoms with van der Waals surface area (Å²) in [5.74, 6) is -0.189. The molecule has 90 valence electrons. The Labute approximate surface area is 101 Å². The maximum atomic E-state index is 11.1. The highest BCUT2D eigenvalue weighted by molar-refractivity contribution is 5.77. The molecule has 1 aromatic rings. The van der Waals surface area contributed by atoms with Crippen LogP contribution in [0.5, 0.6) is 0 Å². The number of hydrogen-bond donors (Lipinski definition) is 2. The molecule has 0 spiro atoms. The molecule has 2 aliphatic carbocycles. The Kier molecular flexibility index (Phi) is 2.26. The molecule has 3 heteroatoms. The molecule has 1 unspecified atom stereocenters. The minimum atomic E-state index is -0.890. The van der Waals surface area contributed by atoms with E-state index in [0.717, 1.165) is 18.4 Å². The van der Waals surface area contributed by atoms with E-state index in [1.54, 1.807) is 0 Å². The van der Waals surface area contributed by atoms with Gasteiger partial charge >= 0.3 is 5.97 Å². The highest BCUT2D eigenvalue weighted by Gasteiger charge is 2.52. The second-order valence-electron chi connectivity index (χ2n) is 5.37. The van der Waals surface area contributed by atoms with Gasteiger partial charge in [-0.15, -0.1) is 0 Å². The Hall–Kier alpha value is -1.35. The summed E-state index contributed by atoms with van der Waals surface area (Å²) >= 11 is 0. The predicted octanol–water partition coefficient (Wildman–Crippen LogP) is 2.01. The van der Waals surface area contributed by atoms with Crippen LogP contribution in [-0.2, 0) is 10.2 Å². The lowest BCUT2D eigenvalue weighted by Gasteiger charge is -2.20. The fourth-order valence-electron chi connectivity index (χ4n) is 2.67. The molecule has 0 amide bonds. The van der Waals surface area contributed by atoms with Crippen LogP contribution in [0.15, 0.2) is 24.3 Å². The van der Waals surface area contributed by atoms with E-state index in [1.807, 2.05) is 12.1 Å². The zero-order valence-electron chi connectivity index (χ0n) is 9.73. The van der Waals surface area contributed by atoms with Gasteiger partial charge in [-0.05, 0) is 42.7 Å². The lowest BCUT2D eigenvalue weighted by atomic mass is 9.87. The quantitative estimate of drug-likeness (QED) is 0.833. The van der Waals surface area contributed by atoms with Crippen LogP contribution in [0.1, 0.15) is 42.7 Å². The van der Waals surface area contributed by atoms with E-state index in [2.05, 4.69) is 12.1 Å². The largest absolute Gasteiger partial charge is 0.480 e. The molecule has 17 heavy (non-hydrogen) atoms. The summed E-state index contributed by atoms with van der Waals surface area (Å²) in [5.41, 5.74) is 8.01. The van der Waals surface area contributed by atoms with Crippen LogP contribution in [0.2, 0.25) is 0 Å². The number of aliphatic carboxylic acids is 1. The summed E-state index contributed by atoms with van der Waals surface area (Å²) in [7, 11) is 0. The highest BCUT2D eigenvalue weighted by atomic mass is 16.4. The van der Waals surface area contributed by atoms with Crippen molar-refractivity contribution in [1.29, 1.82) is 0 Å². The molecule has 0 radical (unpaired) electrons. The first-order valence-corrected chi connectivity index (χ1v) is 6.22. The molecule has 1 aromatic carbocycles. The van der Waals surface area contributed by atoms with E-state index in [4.69, 9.17) is 10.8 Å². The van der Waals surface area contributed by atoms with Gasteiger partial charge in [0.15, 0.2) is 0 Å². The van der Waals surface area contributed by atoms with Crippen LogP contribution in [0.4, 0.5) is 0 Å². The first kappa shape index (κ1) is 10.8. The van der Waals surface area contributed by atoms with Gasteiger partial charge in [-0.25, -0.2) is 0 Å². The van der Waals surface area contributed by atoms with Crippen LogP contribution in [0.25, 0.3) is 0 Å². The van der Waals surface area contributed by atoms with E-state index in [1.165, 1.54) is 18.4 Å². The van der Waals surface area contributed by atoms with E-state index >= 15 is 0 Å². The predicted molar refractivity (Wildman–Crippen MR) is 64.9 cm³/mol. The zero-order chi connectivity index (χ0) is 12.0. The first-order valence-electron chi connectivity index (χ1n) is 6.22. The van der Waals surface area contributed by atoms with Gasteiger partial charge in [0.2, 0.25) is 0 Å². The summed E-state index contributed by atoms with van der Waals surface area (Å²) in [6, 6.07) is 7.62. The molecule has 2 aliphatic rings. The van der Waals surface area contributed by atoms with Gasteiger partial charge in [0.05, 0.1) is 0 Å². The van der Waals surface area contributed by atoms with Crippen molar-refractivity contribution in [1.82, 2.24) is 0 Å². The molecule has 0 saturated heterocycles. The highest BCUT2D eigenvalue weighted by Crippen LogP contribution is 2.51. The summed E-state index contributed by atoms with van der Waals surface area (Å²) in [6.07, 6.45) is 4.33. The van der Waals surface area contributed by atoms with Crippen LogP contribution >= 0.6 is 0 Å². The Morgan fingerprint density at radius 3 is 2.65 bits per heavy atom. The van der Waals surface area contributed by atoms with Gasteiger partial charge in [0, 0.05) is 5.41 Å². The number of nitrogens with two attached hydrogens (primary N) is 1. The van der Waals surface area contributed by atoms with Crippen LogP contribution in [0, 0.1) is 0 Å². The normalized spacial score (nSPS) is 23.1. The molecular weight excluding hydrogens is 214 g/mol. The van der Waals surface area contributed by atoms with Crippen LogP contribution in [-0.4, -0.2) is 17.1 Å². The third kappa shape index (κ3) is 1.75. The van der Waals surface area contributed by atoms with E-state index in [9.17, 15) is 4.79 Å². The second-order valence-corrected chi connectivity index (χ2v) is 5.37. The Morgan fingerprint density at radius 2 is 2.12 bits per heavy atom. The number of carboxylic acids is 1. The zero-order valence-corrected chi connectivity index (χ0v) is 9.73. The Balaban J connectivity index is 1.92. The monoisotopic (exact) mass is 231 g/mol.